The van der Waals surface area contributed by atoms with Gasteiger partial charge in [-0.3, -0.25) is 0 Å². The Morgan fingerprint density at radius 3 is 2.33 bits per heavy atom. The lowest BCUT2D eigenvalue weighted by Crippen LogP contribution is -2.49. The molecule has 0 aromatic heterocycles. The van der Waals surface area contributed by atoms with E-state index in [0.29, 0.717) is 12.1 Å². The molecule has 0 saturated heterocycles. The summed E-state index contributed by atoms with van der Waals surface area (Å²) in [4.78, 5) is 2.55. The molecule has 1 aromatic rings. The van der Waals surface area contributed by atoms with Crippen molar-refractivity contribution in [3.05, 3.63) is 35.9 Å². The lowest BCUT2D eigenvalue weighted by molar-refractivity contribution is 0.181. The summed E-state index contributed by atoms with van der Waals surface area (Å²) in [5, 5.41) is 3.76. The first-order chi connectivity index (χ1) is 10.2. The molecule has 2 unspecified atom stereocenters. The number of benzene rings is 1. The van der Waals surface area contributed by atoms with Gasteiger partial charge in [0.05, 0.1) is 0 Å². The van der Waals surface area contributed by atoms with E-state index in [1.54, 1.807) is 0 Å². The van der Waals surface area contributed by atoms with Crippen molar-refractivity contribution in [2.75, 3.05) is 20.1 Å². The van der Waals surface area contributed by atoms with Crippen LogP contribution in [0.3, 0.4) is 0 Å². The maximum Gasteiger partial charge on any atom is 0.0243 e. The number of hydrogen-bond donors (Lipinski definition) is 1. The molecule has 21 heavy (non-hydrogen) atoms. The standard InChI is InChI=1S/C19H34N2/c1-5-11-18(20-15-6-2)19(7-3)21(4)16-14-17-12-9-8-10-13-17/h8-10,12-13,18-20H,5-7,11,14-16H2,1-4H3. The third kappa shape index (κ3) is 6.62. The second-order valence-electron chi connectivity index (χ2n) is 6.04. The summed E-state index contributed by atoms with van der Waals surface area (Å²) in [6.07, 6.45) is 6.09. The average molecular weight is 290 g/mol. The minimum atomic E-state index is 0.626. The minimum absolute atomic E-state index is 0.626. The molecule has 0 radical (unpaired) electrons. The third-order valence-corrected chi connectivity index (χ3v) is 4.30. The van der Waals surface area contributed by atoms with Crippen LogP contribution in [0.15, 0.2) is 30.3 Å². The second-order valence-corrected chi connectivity index (χ2v) is 6.04. The Balaban J connectivity index is 2.54. The molecule has 0 aliphatic carbocycles. The van der Waals surface area contributed by atoms with Gasteiger partial charge >= 0.3 is 0 Å². The molecular weight excluding hydrogens is 256 g/mol. The zero-order valence-electron chi connectivity index (χ0n) is 14.4. The van der Waals surface area contributed by atoms with E-state index in [2.05, 4.69) is 68.4 Å². The Bertz CT molecular complexity index is 350. The number of nitrogens with one attached hydrogen (secondary N) is 1. The van der Waals surface area contributed by atoms with E-state index in [1.165, 1.54) is 31.2 Å². The van der Waals surface area contributed by atoms with Crippen LogP contribution in [0.1, 0.15) is 52.0 Å². The highest BCUT2D eigenvalue weighted by atomic mass is 15.2. The van der Waals surface area contributed by atoms with Crippen molar-refractivity contribution < 1.29 is 0 Å². The van der Waals surface area contributed by atoms with E-state index in [1.807, 2.05) is 0 Å². The third-order valence-electron chi connectivity index (χ3n) is 4.30. The SMILES string of the molecule is CCCNC(CCC)C(CC)N(C)CCc1ccccc1. The van der Waals surface area contributed by atoms with Gasteiger partial charge in [0.15, 0.2) is 0 Å². The molecular formula is C19H34N2. The lowest BCUT2D eigenvalue weighted by Gasteiger charge is -2.35. The van der Waals surface area contributed by atoms with Gasteiger partial charge in [0.2, 0.25) is 0 Å². The topological polar surface area (TPSA) is 15.3 Å². The van der Waals surface area contributed by atoms with Crippen LogP contribution in [-0.4, -0.2) is 37.1 Å². The normalized spacial score (nSPS) is 14.3. The zero-order valence-corrected chi connectivity index (χ0v) is 14.4. The number of hydrogen-bond acceptors (Lipinski definition) is 2. The molecule has 120 valence electrons. The van der Waals surface area contributed by atoms with Gasteiger partial charge in [-0.05, 0) is 44.8 Å². The highest BCUT2D eigenvalue weighted by Crippen LogP contribution is 2.13. The molecule has 1 rings (SSSR count). The molecule has 2 heteroatoms. The van der Waals surface area contributed by atoms with Crippen LogP contribution < -0.4 is 5.32 Å². The molecule has 2 nitrogen and oxygen atoms in total. The fraction of sp³-hybridized carbons (Fsp3) is 0.684. The minimum Gasteiger partial charge on any atom is -0.312 e. The zero-order chi connectivity index (χ0) is 15.5. The fourth-order valence-corrected chi connectivity index (χ4v) is 3.09. The number of rotatable bonds is 11. The number of likely N-dealkylation sites (N-methyl/N-ethyl adjacent to an activating group) is 1. The van der Waals surface area contributed by atoms with Gasteiger partial charge < -0.3 is 10.2 Å². The van der Waals surface area contributed by atoms with Crippen LogP contribution in [0, 0.1) is 0 Å². The molecule has 1 N–H and O–H groups in total. The van der Waals surface area contributed by atoms with Crippen molar-refractivity contribution in [1.82, 2.24) is 10.2 Å². The monoisotopic (exact) mass is 290 g/mol. The van der Waals surface area contributed by atoms with Gasteiger partial charge in [0, 0.05) is 18.6 Å². The van der Waals surface area contributed by atoms with Crippen molar-refractivity contribution >= 4 is 0 Å². The molecule has 0 amide bonds. The second kappa shape index (κ2) is 10.8. The summed E-state index contributed by atoms with van der Waals surface area (Å²) < 4.78 is 0. The van der Waals surface area contributed by atoms with E-state index in [4.69, 9.17) is 0 Å². The van der Waals surface area contributed by atoms with Crippen LogP contribution in [0.5, 0.6) is 0 Å². The molecule has 0 bridgehead atoms. The highest BCUT2D eigenvalue weighted by Gasteiger charge is 2.22. The molecule has 0 fully saturated rings. The van der Waals surface area contributed by atoms with Gasteiger partial charge in [-0.25, -0.2) is 0 Å². The Hall–Kier alpha value is -0.860. The Labute approximate surface area is 131 Å². The highest BCUT2D eigenvalue weighted by molar-refractivity contribution is 5.14. The van der Waals surface area contributed by atoms with Crippen molar-refractivity contribution in [1.29, 1.82) is 0 Å². The summed E-state index contributed by atoms with van der Waals surface area (Å²) in [6, 6.07) is 12.1. The summed E-state index contributed by atoms with van der Waals surface area (Å²) >= 11 is 0. The fourth-order valence-electron chi connectivity index (χ4n) is 3.09. The lowest BCUT2D eigenvalue weighted by atomic mass is 9.98. The predicted molar refractivity (Wildman–Crippen MR) is 93.8 cm³/mol. The van der Waals surface area contributed by atoms with Crippen molar-refractivity contribution in [2.24, 2.45) is 0 Å². The van der Waals surface area contributed by atoms with Gasteiger partial charge in [-0.2, -0.15) is 0 Å². The van der Waals surface area contributed by atoms with Gasteiger partial charge in [0.25, 0.3) is 0 Å². The van der Waals surface area contributed by atoms with Crippen LogP contribution in [-0.2, 0) is 6.42 Å². The molecule has 0 aliphatic rings. The quantitative estimate of drug-likeness (QED) is 0.660. The van der Waals surface area contributed by atoms with Crippen LogP contribution >= 0.6 is 0 Å². The first-order valence-corrected chi connectivity index (χ1v) is 8.70. The van der Waals surface area contributed by atoms with Gasteiger partial charge in [-0.15, -0.1) is 0 Å². The molecule has 0 spiro atoms. The Kier molecular flexibility index (Phi) is 9.36. The van der Waals surface area contributed by atoms with Crippen molar-refractivity contribution in [3.63, 3.8) is 0 Å². The van der Waals surface area contributed by atoms with Crippen LogP contribution in [0.4, 0.5) is 0 Å². The molecule has 0 saturated carbocycles. The Morgan fingerprint density at radius 2 is 1.76 bits per heavy atom. The molecule has 1 aromatic carbocycles. The smallest absolute Gasteiger partial charge is 0.0243 e. The molecule has 2 atom stereocenters. The average Bonchev–Trinajstić information content (AvgIpc) is 2.52. The first-order valence-electron chi connectivity index (χ1n) is 8.70. The van der Waals surface area contributed by atoms with E-state index < -0.39 is 0 Å². The predicted octanol–water partition coefficient (Wildman–Crippen LogP) is 4.11. The first kappa shape index (κ1) is 18.2. The Morgan fingerprint density at radius 1 is 1.05 bits per heavy atom. The summed E-state index contributed by atoms with van der Waals surface area (Å²) in [7, 11) is 2.29. The summed E-state index contributed by atoms with van der Waals surface area (Å²) in [6.45, 7) is 9.12. The molecule has 0 aliphatic heterocycles. The van der Waals surface area contributed by atoms with E-state index in [0.717, 1.165) is 19.5 Å². The maximum absolute atomic E-state index is 3.76. The van der Waals surface area contributed by atoms with Crippen molar-refractivity contribution in [2.45, 2.75) is 65.0 Å². The van der Waals surface area contributed by atoms with Crippen molar-refractivity contribution in [3.8, 4) is 0 Å². The van der Waals surface area contributed by atoms with E-state index in [9.17, 15) is 0 Å². The molecule has 0 heterocycles. The van der Waals surface area contributed by atoms with Crippen LogP contribution in [0.25, 0.3) is 0 Å². The number of nitrogens with zero attached hydrogens (tertiary/aromatic N) is 1. The van der Waals surface area contributed by atoms with Crippen LogP contribution in [0.2, 0.25) is 0 Å². The van der Waals surface area contributed by atoms with E-state index in [-0.39, 0.29) is 0 Å². The summed E-state index contributed by atoms with van der Waals surface area (Å²) in [5.74, 6) is 0. The van der Waals surface area contributed by atoms with E-state index >= 15 is 0 Å². The van der Waals surface area contributed by atoms with Gasteiger partial charge in [-0.1, -0.05) is 57.5 Å². The maximum atomic E-state index is 3.76. The summed E-state index contributed by atoms with van der Waals surface area (Å²) in [5.41, 5.74) is 1.44. The van der Waals surface area contributed by atoms with Gasteiger partial charge in [0.1, 0.15) is 0 Å². The largest absolute Gasteiger partial charge is 0.312 e.